The van der Waals surface area contributed by atoms with Gasteiger partial charge in [-0.05, 0) is 36.8 Å². The third-order valence-corrected chi connectivity index (χ3v) is 2.77. The Morgan fingerprint density at radius 2 is 2.36 bits per heavy atom. The zero-order valence-electron chi connectivity index (χ0n) is 8.81. The average molecular weight is 194 g/mol. The van der Waals surface area contributed by atoms with E-state index in [9.17, 15) is 4.79 Å². The van der Waals surface area contributed by atoms with Gasteiger partial charge in [0.1, 0.15) is 12.0 Å². The van der Waals surface area contributed by atoms with Crippen molar-refractivity contribution in [2.75, 3.05) is 0 Å². The van der Waals surface area contributed by atoms with Crippen molar-refractivity contribution in [2.24, 2.45) is 17.8 Å². The summed E-state index contributed by atoms with van der Waals surface area (Å²) < 4.78 is 0. The lowest BCUT2D eigenvalue weighted by molar-refractivity contribution is -0.112. The summed E-state index contributed by atoms with van der Waals surface area (Å²) in [7, 11) is 0. The van der Waals surface area contributed by atoms with Crippen LogP contribution in [0.2, 0.25) is 0 Å². The highest BCUT2D eigenvalue weighted by molar-refractivity contribution is 5.53. The van der Waals surface area contributed by atoms with E-state index in [2.05, 4.69) is 13.8 Å². The Morgan fingerprint density at radius 3 is 2.79 bits per heavy atom. The fraction of sp³-hybridized carbons (Fsp3) is 0.583. The van der Waals surface area contributed by atoms with Gasteiger partial charge in [0.05, 0.1) is 0 Å². The summed E-state index contributed by atoms with van der Waals surface area (Å²) >= 11 is 0. The molecule has 2 unspecified atom stereocenters. The maximum absolute atomic E-state index is 10.8. The van der Waals surface area contributed by atoms with Gasteiger partial charge in [-0.25, -0.2) is 0 Å². The Balaban J connectivity index is 2.46. The molecule has 0 saturated carbocycles. The lowest BCUT2D eigenvalue weighted by atomic mass is 9.84. The Bertz CT molecular complexity index is 251. The molecule has 0 aromatic carbocycles. The molecular formula is C12H18O2. The van der Waals surface area contributed by atoms with E-state index in [-0.39, 0.29) is 5.92 Å². The van der Waals surface area contributed by atoms with Crippen LogP contribution in [0.5, 0.6) is 0 Å². The average Bonchev–Trinajstić information content (AvgIpc) is 2.16. The summed E-state index contributed by atoms with van der Waals surface area (Å²) in [5.74, 6) is 1.29. The minimum Gasteiger partial charge on any atom is -0.508 e. The highest BCUT2D eigenvalue weighted by atomic mass is 16.3. The van der Waals surface area contributed by atoms with Crippen LogP contribution >= 0.6 is 0 Å². The molecule has 0 bridgehead atoms. The number of aliphatic hydroxyl groups excluding tert-OH is 1. The van der Waals surface area contributed by atoms with Gasteiger partial charge in [0.15, 0.2) is 0 Å². The number of hydrogen-bond donors (Lipinski definition) is 1. The van der Waals surface area contributed by atoms with E-state index in [0.717, 1.165) is 19.1 Å². The number of carbonyl (C=O) groups excluding carboxylic acids is 1. The Hall–Kier alpha value is -1.05. The number of aliphatic hydroxyl groups is 1. The minimum atomic E-state index is 0.137. The standard InChI is InChI=1S/C12H18O2/c1-9(2)11(8-13)7-10-3-5-12(14)6-4-10/h3,5-6,8-11,14H,4,7H2,1-2H3. The largest absolute Gasteiger partial charge is 0.508 e. The monoisotopic (exact) mass is 194 g/mol. The van der Waals surface area contributed by atoms with Crippen LogP contribution in [0.1, 0.15) is 26.7 Å². The van der Waals surface area contributed by atoms with Crippen LogP contribution in [0.25, 0.3) is 0 Å². The highest BCUT2D eigenvalue weighted by Crippen LogP contribution is 2.25. The summed E-state index contributed by atoms with van der Waals surface area (Å²) in [6.45, 7) is 4.14. The molecule has 0 aromatic rings. The first kappa shape index (κ1) is 11.0. The van der Waals surface area contributed by atoms with Crippen molar-refractivity contribution in [1.82, 2.24) is 0 Å². The van der Waals surface area contributed by atoms with Gasteiger partial charge in [0.25, 0.3) is 0 Å². The number of carbonyl (C=O) groups is 1. The SMILES string of the molecule is CC(C)C(C=O)CC1C=CC(O)=CC1. The molecule has 14 heavy (non-hydrogen) atoms. The van der Waals surface area contributed by atoms with Gasteiger partial charge in [-0.2, -0.15) is 0 Å². The van der Waals surface area contributed by atoms with E-state index in [0.29, 0.717) is 17.6 Å². The van der Waals surface area contributed by atoms with E-state index in [1.165, 1.54) is 0 Å². The zero-order valence-corrected chi connectivity index (χ0v) is 8.81. The van der Waals surface area contributed by atoms with Gasteiger partial charge >= 0.3 is 0 Å². The fourth-order valence-corrected chi connectivity index (χ4v) is 1.66. The van der Waals surface area contributed by atoms with E-state index < -0.39 is 0 Å². The highest BCUT2D eigenvalue weighted by Gasteiger charge is 2.18. The maximum atomic E-state index is 10.8. The molecule has 0 aliphatic heterocycles. The molecule has 0 saturated heterocycles. The smallest absolute Gasteiger partial charge is 0.123 e. The topological polar surface area (TPSA) is 37.3 Å². The second-order valence-electron chi connectivity index (χ2n) is 4.26. The lowest BCUT2D eigenvalue weighted by Crippen LogP contribution is -2.15. The van der Waals surface area contributed by atoms with Crippen molar-refractivity contribution >= 4 is 6.29 Å². The van der Waals surface area contributed by atoms with Crippen molar-refractivity contribution in [3.63, 3.8) is 0 Å². The second kappa shape index (κ2) is 4.99. The number of allylic oxidation sites excluding steroid dienone is 3. The first-order valence-electron chi connectivity index (χ1n) is 5.16. The van der Waals surface area contributed by atoms with Crippen LogP contribution in [-0.4, -0.2) is 11.4 Å². The molecule has 2 atom stereocenters. The van der Waals surface area contributed by atoms with Crippen molar-refractivity contribution < 1.29 is 9.90 Å². The molecule has 0 heterocycles. The van der Waals surface area contributed by atoms with Gasteiger partial charge in [-0.3, -0.25) is 0 Å². The molecular weight excluding hydrogens is 176 g/mol. The first-order valence-corrected chi connectivity index (χ1v) is 5.16. The molecule has 1 rings (SSSR count). The molecule has 1 N–H and O–H groups in total. The molecule has 78 valence electrons. The van der Waals surface area contributed by atoms with Crippen LogP contribution < -0.4 is 0 Å². The second-order valence-corrected chi connectivity index (χ2v) is 4.26. The Labute approximate surface area is 85.3 Å². The normalized spacial score (nSPS) is 23.4. The third kappa shape index (κ3) is 3.02. The van der Waals surface area contributed by atoms with E-state index >= 15 is 0 Å². The molecule has 2 nitrogen and oxygen atoms in total. The van der Waals surface area contributed by atoms with Crippen LogP contribution in [0.3, 0.4) is 0 Å². The van der Waals surface area contributed by atoms with Crippen LogP contribution in [0, 0.1) is 17.8 Å². The Kier molecular flexibility index (Phi) is 3.93. The third-order valence-electron chi connectivity index (χ3n) is 2.77. The number of hydrogen-bond acceptors (Lipinski definition) is 2. The summed E-state index contributed by atoms with van der Waals surface area (Å²) in [5.41, 5.74) is 0. The molecule has 2 heteroatoms. The van der Waals surface area contributed by atoms with Crippen molar-refractivity contribution in [1.29, 1.82) is 0 Å². The molecule has 0 aromatic heterocycles. The van der Waals surface area contributed by atoms with Gasteiger partial charge < -0.3 is 9.90 Å². The van der Waals surface area contributed by atoms with Crippen LogP contribution in [-0.2, 0) is 4.79 Å². The quantitative estimate of drug-likeness (QED) is 0.699. The van der Waals surface area contributed by atoms with E-state index in [1.54, 1.807) is 6.08 Å². The summed E-state index contributed by atoms with van der Waals surface area (Å²) in [4.78, 5) is 10.8. The van der Waals surface area contributed by atoms with Gasteiger partial charge in [0, 0.05) is 5.92 Å². The summed E-state index contributed by atoms with van der Waals surface area (Å²) in [6, 6.07) is 0. The summed E-state index contributed by atoms with van der Waals surface area (Å²) in [6.07, 6.45) is 8.31. The van der Waals surface area contributed by atoms with Crippen molar-refractivity contribution in [3.8, 4) is 0 Å². The number of rotatable bonds is 4. The van der Waals surface area contributed by atoms with E-state index in [1.807, 2.05) is 12.2 Å². The molecule has 0 radical (unpaired) electrons. The Morgan fingerprint density at radius 1 is 1.64 bits per heavy atom. The van der Waals surface area contributed by atoms with Gasteiger partial charge in [0.2, 0.25) is 0 Å². The van der Waals surface area contributed by atoms with Crippen LogP contribution in [0.15, 0.2) is 24.0 Å². The first-order chi connectivity index (χ1) is 6.63. The molecule has 0 spiro atoms. The molecule has 0 fully saturated rings. The molecule has 1 aliphatic rings. The minimum absolute atomic E-state index is 0.137. The molecule has 0 amide bonds. The van der Waals surface area contributed by atoms with Crippen LogP contribution in [0.4, 0.5) is 0 Å². The maximum Gasteiger partial charge on any atom is 0.123 e. The number of aldehydes is 1. The predicted octanol–water partition coefficient (Wildman–Crippen LogP) is 2.87. The van der Waals surface area contributed by atoms with Gasteiger partial charge in [-0.1, -0.05) is 19.9 Å². The fourth-order valence-electron chi connectivity index (χ4n) is 1.66. The zero-order chi connectivity index (χ0) is 10.6. The van der Waals surface area contributed by atoms with Gasteiger partial charge in [-0.15, -0.1) is 0 Å². The predicted molar refractivity (Wildman–Crippen MR) is 57.0 cm³/mol. The van der Waals surface area contributed by atoms with Crippen molar-refractivity contribution in [2.45, 2.75) is 26.7 Å². The molecule has 1 aliphatic carbocycles. The lowest BCUT2D eigenvalue weighted by Gasteiger charge is -2.20. The van der Waals surface area contributed by atoms with E-state index in [4.69, 9.17) is 5.11 Å². The summed E-state index contributed by atoms with van der Waals surface area (Å²) in [5, 5.41) is 9.13. The van der Waals surface area contributed by atoms with Crippen molar-refractivity contribution in [3.05, 3.63) is 24.0 Å².